The Morgan fingerprint density at radius 3 is 2.50 bits per heavy atom. The molecule has 2 N–H and O–H groups in total. The molecule has 6 nitrogen and oxygen atoms in total. The highest BCUT2D eigenvalue weighted by molar-refractivity contribution is 6.33. The molecule has 0 saturated heterocycles. The summed E-state index contributed by atoms with van der Waals surface area (Å²) in [6.45, 7) is 2.92. The minimum atomic E-state index is -1.09. The number of carbonyl (C=O) groups excluding carboxylic acids is 2. The average Bonchev–Trinajstić information content (AvgIpc) is 2.74. The summed E-state index contributed by atoms with van der Waals surface area (Å²) >= 11 is 6.15. The van der Waals surface area contributed by atoms with Crippen LogP contribution in [-0.4, -0.2) is 27.8 Å². The van der Waals surface area contributed by atoms with Crippen LogP contribution in [0.4, 0.5) is 4.39 Å². The average molecular weight is 326 g/mol. The van der Waals surface area contributed by atoms with Gasteiger partial charge in [0.15, 0.2) is 6.10 Å². The third-order valence-corrected chi connectivity index (χ3v) is 3.31. The highest BCUT2D eigenvalue weighted by atomic mass is 35.5. The molecule has 0 aliphatic heterocycles. The Labute approximate surface area is 130 Å². The van der Waals surface area contributed by atoms with Crippen molar-refractivity contribution in [2.75, 3.05) is 0 Å². The first kappa shape index (κ1) is 16.0. The van der Waals surface area contributed by atoms with E-state index in [4.69, 9.17) is 22.1 Å². The van der Waals surface area contributed by atoms with Crippen molar-refractivity contribution >= 4 is 23.5 Å². The predicted molar refractivity (Wildman–Crippen MR) is 77.3 cm³/mol. The number of benzene rings is 1. The molecule has 22 heavy (non-hydrogen) atoms. The van der Waals surface area contributed by atoms with Crippen molar-refractivity contribution in [2.24, 2.45) is 5.73 Å². The molecular formula is C14H13ClFN3O3. The standard InChI is InChI=1S/C14H13ClFN3O3/c1-7-11(14(21)22-8(2)13(17)20)12(15)19(18-7)10-5-3-9(16)4-6-10/h3-6,8H,1-2H3,(H2,17,20)/t8-/m0/s1. The van der Waals surface area contributed by atoms with Gasteiger partial charge in [-0.05, 0) is 38.1 Å². The van der Waals surface area contributed by atoms with Gasteiger partial charge in [-0.3, -0.25) is 4.79 Å². The molecule has 0 saturated carbocycles. The van der Waals surface area contributed by atoms with Gasteiger partial charge in [0.1, 0.15) is 16.5 Å². The molecular weight excluding hydrogens is 313 g/mol. The van der Waals surface area contributed by atoms with Crippen LogP contribution in [0.5, 0.6) is 0 Å². The topological polar surface area (TPSA) is 87.2 Å². The highest BCUT2D eigenvalue weighted by Crippen LogP contribution is 2.24. The van der Waals surface area contributed by atoms with E-state index in [0.717, 1.165) is 0 Å². The van der Waals surface area contributed by atoms with Gasteiger partial charge in [-0.15, -0.1) is 0 Å². The lowest BCUT2D eigenvalue weighted by atomic mass is 10.2. The molecule has 0 spiro atoms. The summed E-state index contributed by atoms with van der Waals surface area (Å²) in [5.41, 5.74) is 5.87. The van der Waals surface area contributed by atoms with Gasteiger partial charge < -0.3 is 10.5 Å². The second kappa shape index (κ2) is 6.15. The van der Waals surface area contributed by atoms with E-state index in [1.807, 2.05) is 0 Å². The van der Waals surface area contributed by atoms with E-state index in [-0.39, 0.29) is 10.7 Å². The number of ether oxygens (including phenoxy) is 1. The molecule has 0 aliphatic rings. The third kappa shape index (κ3) is 3.09. The van der Waals surface area contributed by atoms with Gasteiger partial charge >= 0.3 is 5.97 Å². The molecule has 8 heteroatoms. The number of nitrogens with two attached hydrogens (primary N) is 1. The smallest absolute Gasteiger partial charge is 0.344 e. The molecule has 0 unspecified atom stereocenters. The van der Waals surface area contributed by atoms with Crippen molar-refractivity contribution in [1.29, 1.82) is 0 Å². The Morgan fingerprint density at radius 1 is 1.36 bits per heavy atom. The maximum absolute atomic E-state index is 13.0. The number of esters is 1. The first-order valence-corrected chi connectivity index (χ1v) is 6.70. The monoisotopic (exact) mass is 325 g/mol. The molecule has 0 radical (unpaired) electrons. The number of aryl methyl sites for hydroxylation is 1. The summed E-state index contributed by atoms with van der Waals surface area (Å²) in [6, 6.07) is 5.43. The Kier molecular flexibility index (Phi) is 4.46. The molecule has 0 aliphatic carbocycles. The number of aromatic nitrogens is 2. The lowest BCUT2D eigenvalue weighted by molar-refractivity contribution is -0.125. The van der Waals surface area contributed by atoms with Crippen LogP contribution in [0.3, 0.4) is 0 Å². The van der Waals surface area contributed by atoms with Crippen molar-refractivity contribution in [3.05, 3.63) is 46.5 Å². The number of carbonyl (C=O) groups is 2. The maximum atomic E-state index is 13.0. The van der Waals surface area contributed by atoms with Gasteiger partial charge in [0.2, 0.25) is 0 Å². The largest absolute Gasteiger partial charge is 0.449 e. The van der Waals surface area contributed by atoms with E-state index in [1.54, 1.807) is 6.92 Å². The van der Waals surface area contributed by atoms with Gasteiger partial charge in [0.05, 0.1) is 11.4 Å². The lowest BCUT2D eigenvalue weighted by Crippen LogP contribution is -2.30. The molecule has 1 atom stereocenters. The van der Waals surface area contributed by atoms with E-state index in [1.165, 1.54) is 35.9 Å². The van der Waals surface area contributed by atoms with Crippen LogP contribution in [0.15, 0.2) is 24.3 Å². The summed E-state index contributed by atoms with van der Waals surface area (Å²) in [4.78, 5) is 23.0. The van der Waals surface area contributed by atoms with Gasteiger partial charge in [-0.1, -0.05) is 11.6 Å². The van der Waals surface area contributed by atoms with Gasteiger partial charge in [0.25, 0.3) is 5.91 Å². The minimum Gasteiger partial charge on any atom is -0.449 e. The van der Waals surface area contributed by atoms with E-state index < -0.39 is 23.8 Å². The fraction of sp³-hybridized carbons (Fsp3) is 0.214. The second-order valence-corrected chi connectivity index (χ2v) is 4.95. The molecule has 1 aromatic heterocycles. The van der Waals surface area contributed by atoms with Crippen LogP contribution in [-0.2, 0) is 9.53 Å². The Balaban J connectivity index is 2.37. The van der Waals surface area contributed by atoms with E-state index in [2.05, 4.69) is 5.10 Å². The number of amides is 1. The zero-order chi connectivity index (χ0) is 16.4. The maximum Gasteiger partial charge on any atom is 0.344 e. The van der Waals surface area contributed by atoms with Gasteiger partial charge in [-0.2, -0.15) is 5.10 Å². The van der Waals surface area contributed by atoms with Crippen molar-refractivity contribution in [1.82, 2.24) is 9.78 Å². The molecule has 1 amide bonds. The third-order valence-electron chi connectivity index (χ3n) is 2.96. The number of halogens is 2. The van der Waals surface area contributed by atoms with Crippen LogP contribution < -0.4 is 5.73 Å². The Morgan fingerprint density at radius 2 is 1.95 bits per heavy atom. The normalized spacial score (nSPS) is 12.0. The van der Waals surface area contributed by atoms with Crippen LogP contribution in [0, 0.1) is 12.7 Å². The molecule has 1 heterocycles. The minimum absolute atomic E-state index is 0.00535. The molecule has 0 bridgehead atoms. The number of rotatable bonds is 4. The lowest BCUT2D eigenvalue weighted by Gasteiger charge is -2.09. The zero-order valence-electron chi connectivity index (χ0n) is 11.8. The predicted octanol–water partition coefficient (Wildman–Crippen LogP) is 2.00. The Bertz CT molecular complexity index is 728. The summed E-state index contributed by atoms with van der Waals surface area (Å²) < 4.78 is 19.2. The number of hydrogen-bond donors (Lipinski definition) is 1. The molecule has 2 aromatic rings. The summed E-state index contributed by atoms with van der Waals surface area (Å²) in [6.07, 6.45) is -1.09. The van der Waals surface area contributed by atoms with E-state index >= 15 is 0 Å². The first-order chi connectivity index (χ1) is 10.3. The fourth-order valence-electron chi connectivity index (χ4n) is 1.76. The first-order valence-electron chi connectivity index (χ1n) is 6.32. The van der Waals surface area contributed by atoms with Crippen LogP contribution in [0.2, 0.25) is 5.15 Å². The van der Waals surface area contributed by atoms with Crippen molar-refractivity contribution < 1.29 is 18.7 Å². The fourth-order valence-corrected chi connectivity index (χ4v) is 2.11. The summed E-state index contributed by atoms with van der Waals surface area (Å²) in [5.74, 6) is -1.98. The molecule has 0 fully saturated rings. The second-order valence-electron chi connectivity index (χ2n) is 4.59. The van der Waals surface area contributed by atoms with Gasteiger partial charge in [-0.25, -0.2) is 13.9 Å². The number of hydrogen-bond acceptors (Lipinski definition) is 4. The molecule has 116 valence electrons. The summed E-state index contributed by atoms with van der Waals surface area (Å²) in [7, 11) is 0. The number of primary amides is 1. The number of nitrogens with zero attached hydrogens (tertiary/aromatic N) is 2. The quantitative estimate of drug-likeness (QED) is 0.871. The van der Waals surface area contributed by atoms with Crippen LogP contribution in [0.25, 0.3) is 5.69 Å². The van der Waals surface area contributed by atoms with Crippen molar-refractivity contribution in [3.8, 4) is 5.69 Å². The van der Waals surface area contributed by atoms with Crippen molar-refractivity contribution in [3.63, 3.8) is 0 Å². The molecule has 1 aromatic carbocycles. The SMILES string of the molecule is Cc1nn(-c2ccc(F)cc2)c(Cl)c1C(=O)O[C@@H](C)C(N)=O. The van der Waals surface area contributed by atoms with Crippen LogP contribution in [0.1, 0.15) is 23.0 Å². The van der Waals surface area contributed by atoms with Gasteiger partial charge in [0, 0.05) is 0 Å². The van der Waals surface area contributed by atoms with E-state index in [9.17, 15) is 14.0 Å². The van der Waals surface area contributed by atoms with Crippen LogP contribution >= 0.6 is 11.6 Å². The zero-order valence-corrected chi connectivity index (χ0v) is 12.6. The van der Waals surface area contributed by atoms with E-state index in [0.29, 0.717) is 11.4 Å². The molecule has 2 rings (SSSR count). The Hall–Kier alpha value is -2.41. The highest BCUT2D eigenvalue weighted by Gasteiger charge is 2.25. The van der Waals surface area contributed by atoms with Crippen molar-refractivity contribution in [2.45, 2.75) is 20.0 Å². The summed E-state index contributed by atoms with van der Waals surface area (Å²) in [5, 5.41) is 4.13.